The number of para-hydroxylation sites is 1. The molecule has 0 aliphatic carbocycles. The average Bonchev–Trinajstić information content (AvgIpc) is 3.83. The second kappa shape index (κ2) is 13.1. The summed E-state index contributed by atoms with van der Waals surface area (Å²) in [5.41, 5.74) is 10.7. The molecule has 0 atom stereocenters. The summed E-state index contributed by atoms with van der Waals surface area (Å²) in [7, 11) is 0. The van der Waals surface area contributed by atoms with E-state index in [-0.39, 0.29) is 0 Å². The molecule has 11 aromatic rings. The predicted octanol–water partition coefficient (Wildman–Crippen LogP) is 16.0. The summed E-state index contributed by atoms with van der Waals surface area (Å²) in [6.45, 7) is 0. The van der Waals surface area contributed by atoms with Crippen LogP contribution in [0.4, 0.5) is 17.1 Å². The monoisotopic (exact) mass is 735 g/mol. The standard InChI is InChI=1S/C52H33NS2/c1-2-16-40-34(12-1)13-10-21-42(40)43-17-3-6-23-48(43)53(38-29-26-35(27-30-38)41-20-11-22-46-44-18-4-8-25-50(44)55-52(41)46)39-15-9-14-36(32-39)37-28-31-51-47(33-37)45-19-5-7-24-49(45)54-51/h1-33H. The summed E-state index contributed by atoms with van der Waals surface area (Å²) in [6, 6.07) is 73.5. The van der Waals surface area contributed by atoms with Gasteiger partial charge in [0.1, 0.15) is 0 Å². The van der Waals surface area contributed by atoms with Crippen molar-refractivity contribution >= 4 is 90.9 Å². The minimum absolute atomic E-state index is 1.11. The fraction of sp³-hybridized carbons (Fsp3) is 0. The van der Waals surface area contributed by atoms with Crippen molar-refractivity contribution in [3.63, 3.8) is 0 Å². The topological polar surface area (TPSA) is 3.24 Å². The molecule has 9 aromatic carbocycles. The number of benzene rings is 9. The molecule has 0 radical (unpaired) electrons. The van der Waals surface area contributed by atoms with Gasteiger partial charge in [-0.15, -0.1) is 22.7 Å². The van der Waals surface area contributed by atoms with E-state index in [1.165, 1.54) is 84.5 Å². The molecule has 0 bridgehead atoms. The number of hydrogen-bond donors (Lipinski definition) is 0. The molecule has 0 fully saturated rings. The van der Waals surface area contributed by atoms with Crippen molar-refractivity contribution in [1.82, 2.24) is 0 Å². The van der Waals surface area contributed by atoms with E-state index in [1.807, 2.05) is 22.7 Å². The molecular formula is C52H33NS2. The lowest BCUT2D eigenvalue weighted by atomic mass is 9.95. The van der Waals surface area contributed by atoms with Gasteiger partial charge in [-0.3, -0.25) is 0 Å². The normalized spacial score (nSPS) is 11.6. The summed E-state index contributed by atoms with van der Waals surface area (Å²) in [6.07, 6.45) is 0. The van der Waals surface area contributed by atoms with E-state index >= 15 is 0 Å². The smallest absolute Gasteiger partial charge is 0.0540 e. The molecule has 0 amide bonds. The Hall–Kier alpha value is -6.52. The van der Waals surface area contributed by atoms with Gasteiger partial charge in [0.2, 0.25) is 0 Å². The van der Waals surface area contributed by atoms with Crippen LogP contribution in [0.25, 0.3) is 84.5 Å². The van der Waals surface area contributed by atoms with Crippen molar-refractivity contribution in [3.05, 3.63) is 200 Å². The third-order valence-electron chi connectivity index (χ3n) is 10.9. The van der Waals surface area contributed by atoms with E-state index < -0.39 is 0 Å². The first-order valence-corrected chi connectivity index (χ1v) is 20.3. The molecule has 0 aliphatic rings. The number of thiophene rings is 2. The van der Waals surface area contributed by atoms with Gasteiger partial charge in [-0.1, -0.05) is 146 Å². The van der Waals surface area contributed by atoms with Crippen LogP contribution in [0.15, 0.2) is 200 Å². The Kier molecular flexibility index (Phi) is 7.61. The molecule has 55 heavy (non-hydrogen) atoms. The fourth-order valence-corrected chi connectivity index (χ4v) is 10.6. The molecule has 0 aliphatic heterocycles. The van der Waals surface area contributed by atoms with Crippen LogP contribution in [-0.4, -0.2) is 0 Å². The Morgan fingerprint density at radius 2 is 0.891 bits per heavy atom. The van der Waals surface area contributed by atoms with E-state index in [0.717, 1.165) is 17.1 Å². The minimum Gasteiger partial charge on any atom is -0.310 e. The summed E-state index contributed by atoms with van der Waals surface area (Å²) in [5.74, 6) is 0. The van der Waals surface area contributed by atoms with Crippen LogP contribution in [0.1, 0.15) is 0 Å². The van der Waals surface area contributed by atoms with E-state index in [9.17, 15) is 0 Å². The molecule has 1 nitrogen and oxygen atoms in total. The molecular weight excluding hydrogens is 703 g/mol. The zero-order valence-electron chi connectivity index (χ0n) is 29.8. The third-order valence-corrected chi connectivity index (χ3v) is 13.3. The lowest BCUT2D eigenvalue weighted by molar-refractivity contribution is 1.28. The maximum atomic E-state index is 2.43. The van der Waals surface area contributed by atoms with Gasteiger partial charge in [-0.05, 0) is 93.2 Å². The molecule has 2 heterocycles. The van der Waals surface area contributed by atoms with Crippen LogP contribution in [0.2, 0.25) is 0 Å². The highest BCUT2D eigenvalue weighted by Gasteiger charge is 2.20. The second-order valence-electron chi connectivity index (χ2n) is 14.1. The molecule has 0 saturated heterocycles. The number of nitrogens with zero attached hydrogens (tertiary/aromatic N) is 1. The largest absolute Gasteiger partial charge is 0.310 e. The van der Waals surface area contributed by atoms with E-state index in [1.54, 1.807) is 0 Å². The highest BCUT2D eigenvalue weighted by atomic mass is 32.1. The van der Waals surface area contributed by atoms with Gasteiger partial charge < -0.3 is 4.90 Å². The maximum absolute atomic E-state index is 2.43. The number of anilines is 3. The van der Waals surface area contributed by atoms with E-state index in [4.69, 9.17) is 0 Å². The third kappa shape index (κ3) is 5.43. The minimum atomic E-state index is 1.11. The Bertz CT molecular complexity index is 3220. The van der Waals surface area contributed by atoms with Crippen molar-refractivity contribution in [3.8, 4) is 33.4 Å². The molecule has 2 aromatic heterocycles. The van der Waals surface area contributed by atoms with Gasteiger partial charge >= 0.3 is 0 Å². The first kappa shape index (κ1) is 32.0. The highest BCUT2D eigenvalue weighted by molar-refractivity contribution is 7.26. The summed E-state index contributed by atoms with van der Waals surface area (Å²) >= 11 is 3.74. The van der Waals surface area contributed by atoms with E-state index in [0.29, 0.717) is 0 Å². The zero-order valence-corrected chi connectivity index (χ0v) is 31.4. The van der Waals surface area contributed by atoms with Crippen LogP contribution in [0, 0.1) is 0 Å². The zero-order chi connectivity index (χ0) is 36.3. The van der Waals surface area contributed by atoms with Gasteiger partial charge in [-0.2, -0.15) is 0 Å². The number of hydrogen-bond acceptors (Lipinski definition) is 3. The van der Waals surface area contributed by atoms with Crippen molar-refractivity contribution in [2.45, 2.75) is 0 Å². The SMILES string of the molecule is c1cc(-c2ccc3sc4ccccc4c3c2)cc(N(c2ccc(-c3cccc4c3sc3ccccc34)cc2)c2ccccc2-c2cccc3ccccc23)c1. The fourth-order valence-electron chi connectivity index (χ4n) is 8.28. The number of fused-ring (bicyclic) bond motifs is 7. The quantitative estimate of drug-likeness (QED) is 0.164. The second-order valence-corrected chi connectivity index (χ2v) is 16.2. The van der Waals surface area contributed by atoms with E-state index in [2.05, 4.69) is 205 Å². The summed E-state index contributed by atoms with van der Waals surface area (Å²) in [4.78, 5) is 2.43. The first-order chi connectivity index (χ1) is 27.3. The van der Waals surface area contributed by atoms with Gasteiger partial charge in [-0.25, -0.2) is 0 Å². The van der Waals surface area contributed by atoms with Gasteiger partial charge in [0.05, 0.1) is 5.69 Å². The van der Waals surface area contributed by atoms with Crippen LogP contribution in [0.3, 0.4) is 0 Å². The molecule has 11 rings (SSSR count). The molecule has 0 unspecified atom stereocenters. The van der Waals surface area contributed by atoms with Crippen LogP contribution >= 0.6 is 22.7 Å². The number of rotatable bonds is 6. The average molecular weight is 736 g/mol. The first-order valence-electron chi connectivity index (χ1n) is 18.7. The molecule has 3 heteroatoms. The molecule has 0 spiro atoms. The summed E-state index contributed by atoms with van der Waals surface area (Å²) < 4.78 is 5.30. The van der Waals surface area contributed by atoms with Gasteiger partial charge in [0.15, 0.2) is 0 Å². The van der Waals surface area contributed by atoms with Crippen LogP contribution in [0.5, 0.6) is 0 Å². The van der Waals surface area contributed by atoms with Crippen LogP contribution < -0.4 is 4.90 Å². The summed E-state index contributed by atoms with van der Waals surface area (Å²) in [5, 5.41) is 7.75. The molecule has 258 valence electrons. The van der Waals surface area contributed by atoms with Crippen molar-refractivity contribution in [1.29, 1.82) is 0 Å². The van der Waals surface area contributed by atoms with Gasteiger partial charge in [0.25, 0.3) is 0 Å². The lowest BCUT2D eigenvalue weighted by Crippen LogP contribution is -2.11. The highest BCUT2D eigenvalue weighted by Crippen LogP contribution is 2.45. The molecule has 0 saturated carbocycles. The Morgan fingerprint density at radius 1 is 0.309 bits per heavy atom. The van der Waals surface area contributed by atoms with Crippen molar-refractivity contribution in [2.24, 2.45) is 0 Å². The van der Waals surface area contributed by atoms with Crippen molar-refractivity contribution < 1.29 is 0 Å². The Labute approximate surface area is 327 Å². The van der Waals surface area contributed by atoms with Gasteiger partial charge in [0, 0.05) is 57.3 Å². The van der Waals surface area contributed by atoms with Crippen LogP contribution in [-0.2, 0) is 0 Å². The Morgan fingerprint density at radius 3 is 1.76 bits per heavy atom. The Balaban J connectivity index is 1.08. The predicted molar refractivity (Wildman–Crippen MR) is 241 cm³/mol. The molecule has 0 N–H and O–H groups in total. The lowest BCUT2D eigenvalue weighted by Gasteiger charge is -2.29. The van der Waals surface area contributed by atoms with Crippen molar-refractivity contribution in [2.75, 3.05) is 4.90 Å². The maximum Gasteiger partial charge on any atom is 0.0540 e.